The predicted octanol–water partition coefficient (Wildman–Crippen LogP) is 2.22. The van der Waals surface area contributed by atoms with Crippen molar-refractivity contribution in [2.45, 2.75) is 38.8 Å². The summed E-state index contributed by atoms with van der Waals surface area (Å²) in [5, 5.41) is 13.5. The van der Waals surface area contributed by atoms with Crippen molar-refractivity contribution in [2.24, 2.45) is 0 Å². The van der Waals surface area contributed by atoms with Crippen molar-refractivity contribution in [3.05, 3.63) is 39.4 Å². The van der Waals surface area contributed by atoms with Gasteiger partial charge in [0.15, 0.2) is 0 Å². The zero-order chi connectivity index (χ0) is 15.5. The second-order valence-corrected chi connectivity index (χ2v) is 5.85. The van der Waals surface area contributed by atoms with Crippen LogP contribution in [0, 0.1) is 0 Å². The molecule has 0 bridgehead atoms. The third-order valence-electron chi connectivity index (χ3n) is 3.84. The number of hydrogen-bond acceptors (Lipinski definition) is 4. The third-order valence-corrected chi connectivity index (χ3v) is 4.08. The standard InChI is InChI=1S/C15H20ClN3O2/c1-3-15(2,6-7-20)17-9-13-18-12-8-10(16)4-5-11(12)14(21)19-13/h4-5,8,17,20H,3,6-7,9H2,1-2H3,(H,18,19,21). The molecule has 1 heterocycles. The zero-order valence-electron chi connectivity index (χ0n) is 12.2. The van der Waals surface area contributed by atoms with Crippen molar-refractivity contribution < 1.29 is 5.11 Å². The normalized spacial score (nSPS) is 14.3. The average molecular weight is 310 g/mol. The monoisotopic (exact) mass is 309 g/mol. The Balaban J connectivity index is 2.25. The quantitative estimate of drug-likeness (QED) is 0.764. The highest BCUT2D eigenvalue weighted by Gasteiger charge is 2.20. The molecule has 2 rings (SSSR count). The first-order valence-corrected chi connectivity index (χ1v) is 7.39. The summed E-state index contributed by atoms with van der Waals surface area (Å²) in [6, 6.07) is 5.03. The maximum atomic E-state index is 12.0. The summed E-state index contributed by atoms with van der Waals surface area (Å²) in [4.78, 5) is 19.2. The molecule has 0 aliphatic heterocycles. The molecule has 6 heteroatoms. The number of benzene rings is 1. The van der Waals surface area contributed by atoms with Gasteiger partial charge in [0, 0.05) is 17.2 Å². The van der Waals surface area contributed by atoms with E-state index >= 15 is 0 Å². The van der Waals surface area contributed by atoms with Gasteiger partial charge in [0.05, 0.1) is 17.4 Å². The van der Waals surface area contributed by atoms with E-state index in [9.17, 15) is 4.79 Å². The Bertz CT molecular complexity index is 686. The van der Waals surface area contributed by atoms with Crippen LogP contribution in [0.25, 0.3) is 10.9 Å². The Kier molecular flexibility index (Phi) is 4.98. The van der Waals surface area contributed by atoms with E-state index in [0.717, 1.165) is 6.42 Å². The lowest BCUT2D eigenvalue weighted by Gasteiger charge is -2.28. The molecule has 3 N–H and O–H groups in total. The fourth-order valence-electron chi connectivity index (χ4n) is 2.18. The Morgan fingerprint density at radius 2 is 2.24 bits per heavy atom. The summed E-state index contributed by atoms with van der Waals surface area (Å²) in [6.07, 6.45) is 1.52. The van der Waals surface area contributed by atoms with Crippen LogP contribution in [0.3, 0.4) is 0 Å². The highest BCUT2D eigenvalue weighted by Crippen LogP contribution is 2.16. The predicted molar refractivity (Wildman–Crippen MR) is 84.6 cm³/mol. The molecular weight excluding hydrogens is 290 g/mol. The average Bonchev–Trinajstić information content (AvgIpc) is 2.45. The van der Waals surface area contributed by atoms with Gasteiger partial charge in [0.1, 0.15) is 5.82 Å². The van der Waals surface area contributed by atoms with Crippen LogP contribution in [0.5, 0.6) is 0 Å². The molecule has 1 atom stereocenters. The molecule has 1 aromatic carbocycles. The molecule has 1 unspecified atom stereocenters. The number of rotatable bonds is 6. The van der Waals surface area contributed by atoms with E-state index in [1.165, 1.54) is 0 Å². The van der Waals surface area contributed by atoms with Crippen molar-refractivity contribution >= 4 is 22.5 Å². The van der Waals surface area contributed by atoms with Crippen molar-refractivity contribution in [3.63, 3.8) is 0 Å². The van der Waals surface area contributed by atoms with Crippen molar-refractivity contribution in [3.8, 4) is 0 Å². The molecule has 0 amide bonds. The number of aromatic nitrogens is 2. The van der Waals surface area contributed by atoms with Gasteiger partial charge in [-0.25, -0.2) is 4.98 Å². The number of nitrogens with zero attached hydrogens (tertiary/aromatic N) is 1. The summed E-state index contributed by atoms with van der Waals surface area (Å²) in [7, 11) is 0. The largest absolute Gasteiger partial charge is 0.396 e. The summed E-state index contributed by atoms with van der Waals surface area (Å²) >= 11 is 5.94. The van der Waals surface area contributed by atoms with Crippen LogP contribution in [0.15, 0.2) is 23.0 Å². The molecule has 0 saturated carbocycles. The number of H-pyrrole nitrogens is 1. The van der Waals surface area contributed by atoms with Crippen molar-refractivity contribution in [2.75, 3.05) is 6.61 Å². The minimum absolute atomic E-state index is 0.120. The molecule has 5 nitrogen and oxygen atoms in total. The van der Waals surface area contributed by atoms with Crippen LogP contribution in [0.2, 0.25) is 5.02 Å². The summed E-state index contributed by atoms with van der Waals surface area (Å²) < 4.78 is 0. The maximum Gasteiger partial charge on any atom is 0.258 e. The van der Waals surface area contributed by atoms with E-state index in [2.05, 4.69) is 22.2 Å². The smallest absolute Gasteiger partial charge is 0.258 e. The third kappa shape index (κ3) is 3.81. The first-order valence-electron chi connectivity index (χ1n) is 7.02. The number of fused-ring (bicyclic) bond motifs is 1. The molecule has 0 saturated heterocycles. The van der Waals surface area contributed by atoms with Crippen LogP contribution < -0.4 is 10.9 Å². The van der Waals surface area contributed by atoms with E-state index in [1.54, 1.807) is 18.2 Å². The van der Waals surface area contributed by atoms with Crippen LogP contribution in [0.4, 0.5) is 0 Å². The fraction of sp³-hybridized carbons (Fsp3) is 0.467. The van der Waals surface area contributed by atoms with E-state index < -0.39 is 0 Å². The molecule has 0 radical (unpaired) electrons. The molecule has 1 aromatic heterocycles. The zero-order valence-corrected chi connectivity index (χ0v) is 13.0. The van der Waals surface area contributed by atoms with Crippen molar-refractivity contribution in [1.29, 1.82) is 0 Å². The van der Waals surface area contributed by atoms with Gasteiger partial charge in [-0.1, -0.05) is 18.5 Å². The molecule has 21 heavy (non-hydrogen) atoms. The SMILES string of the molecule is CCC(C)(CCO)NCc1nc2cc(Cl)ccc2c(=O)[nH]1. The maximum absolute atomic E-state index is 12.0. The number of hydrogen-bond donors (Lipinski definition) is 3. The van der Waals surface area contributed by atoms with Gasteiger partial charge in [-0.2, -0.15) is 0 Å². The molecule has 0 spiro atoms. The Hall–Kier alpha value is -1.43. The Labute approximate surface area is 128 Å². The molecule has 2 aromatic rings. The minimum atomic E-state index is -0.184. The van der Waals surface area contributed by atoms with Gasteiger partial charge >= 0.3 is 0 Å². The minimum Gasteiger partial charge on any atom is -0.396 e. The van der Waals surface area contributed by atoms with Gasteiger partial charge in [0.25, 0.3) is 5.56 Å². The van der Waals surface area contributed by atoms with Crippen LogP contribution in [0.1, 0.15) is 32.5 Å². The topological polar surface area (TPSA) is 78.0 Å². The molecule has 0 fully saturated rings. The first kappa shape index (κ1) is 15.9. The number of aromatic amines is 1. The van der Waals surface area contributed by atoms with E-state index in [0.29, 0.717) is 34.7 Å². The number of aliphatic hydroxyl groups is 1. The lowest BCUT2D eigenvalue weighted by molar-refractivity contribution is 0.213. The number of aliphatic hydroxyl groups excluding tert-OH is 1. The van der Waals surface area contributed by atoms with Crippen molar-refractivity contribution in [1.82, 2.24) is 15.3 Å². The van der Waals surface area contributed by atoms with Crippen LogP contribution in [-0.2, 0) is 6.54 Å². The lowest BCUT2D eigenvalue weighted by Crippen LogP contribution is -2.42. The highest BCUT2D eigenvalue weighted by molar-refractivity contribution is 6.31. The summed E-state index contributed by atoms with van der Waals surface area (Å²) in [5.41, 5.74) is 0.230. The summed E-state index contributed by atoms with van der Waals surface area (Å²) in [5.74, 6) is 0.562. The van der Waals surface area contributed by atoms with E-state index in [1.807, 2.05) is 6.92 Å². The van der Waals surface area contributed by atoms with Gasteiger partial charge < -0.3 is 15.4 Å². The van der Waals surface area contributed by atoms with Crippen LogP contribution >= 0.6 is 11.6 Å². The molecule has 0 aliphatic rings. The Morgan fingerprint density at radius 3 is 2.90 bits per heavy atom. The number of nitrogens with one attached hydrogen (secondary N) is 2. The Morgan fingerprint density at radius 1 is 1.48 bits per heavy atom. The lowest BCUT2D eigenvalue weighted by atomic mass is 9.95. The van der Waals surface area contributed by atoms with Gasteiger partial charge in [-0.3, -0.25) is 4.79 Å². The molecule has 0 aliphatic carbocycles. The van der Waals surface area contributed by atoms with E-state index in [-0.39, 0.29) is 17.7 Å². The number of halogens is 1. The second-order valence-electron chi connectivity index (χ2n) is 5.42. The summed E-state index contributed by atoms with van der Waals surface area (Å²) in [6.45, 7) is 4.65. The first-order chi connectivity index (χ1) is 9.97. The molecule has 114 valence electrons. The van der Waals surface area contributed by atoms with Gasteiger partial charge in [-0.15, -0.1) is 0 Å². The second kappa shape index (κ2) is 6.56. The van der Waals surface area contributed by atoms with Gasteiger partial charge in [-0.05, 0) is 38.0 Å². The fourth-order valence-corrected chi connectivity index (χ4v) is 2.35. The van der Waals surface area contributed by atoms with Gasteiger partial charge in [0.2, 0.25) is 0 Å². The van der Waals surface area contributed by atoms with E-state index in [4.69, 9.17) is 16.7 Å². The van der Waals surface area contributed by atoms with Crippen LogP contribution in [-0.4, -0.2) is 27.2 Å². The molecular formula is C15H20ClN3O2. The highest BCUT2D eigenvalue weighted by atomic mass is 35.5.